The summed E-state index contributed by atoms with van der Waals surface area (Å²) in [6.07, 6.45) is -12.3. The quantitative estimate of drug-likeness (QED) is 0.268. The molecule has 22 heavy (non-hydrogen) atoms. The van der Waals surface area contributed by atoms with E-state index < -0.39 is 68.5 Å². The van der Waals surface area contributed by atoms with Crippen molar-refractivity contribution in [3.63, 3.8) is 0 Å². The van der Waals surface area contributed by atoms with Crippen molar-refractivity contribution in [3.8, 4) is 0 Å². The molecule has 0 amide bonds. The van der Waals surface area contributed by atoms with Crippen LogP contribution in [0.4, 0.5) is 0 Å². The van der Waals surface area contributed by atoms with Crippen LogP contribution < -0.4 is 0 Å². The maximum absolute atomic E-state index is 9.84. The molecule has 0 radical (unpaired) electrons. The van der Waals surface area contributed by atoms with Crippen molar-refractivity contribution in [2.75, 3.05) is 13.2 Å². The average Bonchev–Trinajstić information content (AvgIpc) is 2.51. The number of rotatable bonds is 4. The molecule has 2 aliphatic heterocycles. The van der Waals surface area contributed by atoms with Crippen molar-refractivity contribution < 1.29 is 50.0 Å². The molecule has 130 valence electrons. The number of ether oxygens (including phenoxy) is 3. The molecule has 0 aromatic heterocycles. The standard InChI is InChI=1S/C12H22O10/c13-2-4-1-5(15)7(16)11(20-4)22-12-10(19)9(18)8(17)6(3-14)21-12/h4-19H,1-3H2/t4?,5-,6?,7?,8+,9+,10?,11+,12+/m0/s1. The van der Waals surface area contributed by atoms with E-state index in [1.807, 2.05) is 0 Å². The third kappa shape index (κ3) is 3.57. The zero-order valence-electron chi connectivity index (χ0n) is 11.7. The van der Waals surface area contributed by atoms with Gasteiger partial charge in [0.05, 0.1) is 25.4 Å². The molecule has 7 N–H and O–H groups in total. The first kappa shape index (κ1) is 17.9. The molecule has 0 aromatic rings. The third-order valence-electron chi connectivity index (χ3n) is 3.82. The highest BCUT2D eigenvalue weighted by atomic mass is 16.8. The first-order valence-corrected chi connectivity index (χ1v) is 6.97. The molecular weight excluding hydrogens is 304 g/mol. The summed E-state index contributed by atoms with van der Waals surface area (Å²) in [5.41, 5.74) is 0. The number of hydrogen-bond acceptors (Lipinski definition) is 10. The normalized spacial score (nSPS) is 50.0. The molecule has 0 saturated carbocycles. The molecule has 10 heteroatoms. The van der Waals surface area contributed by atoms with Crippen LogP contribution in [0.15, 0.2) is 0 Å². The molecule has 0 aromatic carbocycles. The molecule has 0 bridgehead atoms. The molecule has 2 saturated heterocycles. The van der Waals surface area contributed by atoms with Gasteiger partial charge in [0.25, 0.3) is 0 Å². The highest BCUT2D eigenvalue weighted by Crippen LogP contribution is 2.27. The van der Waals surface area contributed by atoms with E-state index >= 15 is 0 Å². The minimum atomic E-state index is -1.65. The molecule has 0 aliphatic carbocycles. The van der Waals surface area contributed by atoms with E-state index in [9.17, 15) is 25.5 Å². The Bertz CT molecular complexity index is 353. The summed E-state index contributed by atoms with van der Waals surface area (Å²) >= 11 is 0. The van der Waals surface area contributed by atoms with Crippen molar-refractivity contribution >= 4 is 0 Å². The fourth-order valence-corrected chi connectivity index (χ4v) is 2.46. The van der Waals surface area contributed by atoms with Gasteiger partial charge in [-0.3, -0.25) is 0 Å². The maximum atomic E-state index is 9.84. The Morgan fingerprint density at radius 3 is 2.00 bits per heavy atom. The van der Waals surface area contributed by atoms with Crippen molar-refractivity contribution in [2.45, 2.75) is 61.7 Å². The predicted molar refractivity (Wildman–Crippen MR) is 67.2 cm³/mol. The Morgan fingerprint density at radius 2 is 1.41 bits per heavy atom. The molecule has 2 fully saturated rings. The second-order valence-electron chi connectivity index (χ2n) is 5.44. The van der Waals surface area contributed by atoms with E-state index in [0.717, 1.165) is 0 Å². The Kier molecular flexibility index (Phi) is 6.07. The SMILES string of the molecule is OCC1C[C@H](O)C(O)[C@@H](O[C@H]2OC(CO)[C@@H](O)[C@@H](O)C2O)O1. The van der Waals surface area contributed by atoms with E-state index in [0.29, 0.717) is 0 Å². The van der Waals surface area contributed by atoms with Gasteiger partial charge in [-0.05, 0) is 0 Å². The van der Waals surface area contributed by atoms with Crippen molar-refractivity contribution in [2.24, 2.45) is 0 Å². The van der Waals surface area contributed by atoms with E-state index in [2.05, 4.69) is 0 Å². The molecule has 9 atom stereocenters. The van der Waals surface area contributed by atoms with Crippen LogP contribution in [0, 0.1) is 0 Å². The minimum absolute atomic E-state index is 0.00616. The second kappa shape index (κ2) is 7.45. The average molecular weight is 326 g/mol. The first-order valence-electron chi connectivity index (χ1n) is 6.97. The van der Waals surface area contributed by atoms with Crippen LogP contribution in [0.25, 0.3) is 0 Å². The molecular formula is C12H22O10. The van der Waals surface area contributed by atoms with Gasteiger partial charge in [-0.2, -0.15) is 0 Å². The van der Waals surface area contributed by atoms with Crippen molar-refractivity contribution in [1.29, 1.82) is 0 Å². The van der Waals surface area contributed by atoms with Crippen LogP contribution >= 0.6 is 0 Å². The summed E-state index contributed by atoms with van der Waals surface area (Å²) in [5, 5.41) is 66.8. The lowest BCUT2D eigenvalue weighted by Crippen LogP contribution is -2.61. The van der Waals surface area contributed by atoms with Crippen LogP contribution in [-0.2, 0) is 14.2 Å². The summed E-state index contributed by atoms with van der Waals surface area (Å²) in [7, 11) is 0. The van der Waals surface area contributed by atoms with Crippen LogP contribution in [0.2, 0.25) is 0 Å². The summed E-state index contributed by atoms with van der Waals surface area (Å²) < 4.78 is 15.6. The smallest absolute Gasteiger partial charge is 0.189 e. The Balaban J connectivity index is 2.04. The largest absolute Gasteiger partial charge is 0.394 e. The van der Waals surface area contributed by atoms with Gasteiger partial charge in [0, 0.05) is 6.42 Å². The van der Waals surface area contributed by atoms with E-state index in [-0.39, 0.29) is 6.42 Å². The highest BCUT2D eigenvalue weighted by molar-refractivity contribution is 4.90. The summed E-state index contributed by atoms with van der Waals surface area (Å²) in [5.74, 6) is 0. The predicted octanol–water partition coefficient (Wildman–Crippen LogP) is -4.37. The monoisotopic (exact) mass is 326 g/mol. The van der Waals surface area contributed by atoms with Crippen LogP contribution in [-0.4, -0.2) is 104 Å². The van der Waals surface area contributed by atoms with E-state index in [1.54, 1.807) is 0 Å². The zero-order chi connectivity index (χ0) is 16.4. The lowest BCUT2D eigenvalue weighted by Gasteiger charge is -2.43. The van der Waals surface area contributed by atoms with Gasteiger partial charge in [0.2, 0.25) is 0 Å². The minimum Gasteiger partial charge on any atom is -0.394 e. The lowest BCUT2D eigenvalue weighted by atomic mass is 9.99. The molecule has 0 spiro atoms. The Hall–Kier alpha value is -0.400. The van der Waals surface area contributed by atoms with E-state index in [1.165, 1.54) is 0 Å². The van der Waals surface area contributed by atoms with Crippen LogP contribution in [0.3, 0.4) is 0 Å². The van der Waals surface area contributed by atoms with E-state index in [4.69, 9.17) is 24.4 Å². The maximum Gasteiger partial charge on any atom is 0.189 e. The van der Waals surface area contributed by atoms with Gasteiger partial charge < -0.3 is 50.0 Å². The second-order valence-corrected chi connectivity index (χ2v) is 5.44. The Morgan fingerprint density at radius 1 is 0.773 bits per heavy atom. The number of aliphatic hydroxyl groups excluding tert-OH is 7. The van der Waals surface area contributed by atoms with Gasteiger partial charge in [-0.15, -0.1) is 0 Å². The fourth-order valence-electron chi connectivity index (χ4n) is 2.46. The van der Waals surface area contributed by atoms with Crippen molar-refractivity contribution in [3.05, 3.63) is 0 Å². The summed E-state index contributed by atoms with van der Waals surface area (Å²) in [4.78, 5) is 0. The fraction of sp³-hybridized carbons (Fsp3) is 1.00. The lowest BCUT2D eigenvalue weighted by molar-refractivity contribution is -0.367. The molecule has 2 aliphatic rings. The molecule has 2 heterocycles. The van der Waals surface area contributed by atoms with Gasteiger partial charge in [0.15, 0.2) is 12.6 Å². The first-order chi connectivity index (χ1) is 10.4. The number of aliphatic hydroxyl groups is 7. The molecule has 10 nitrogen and oxygen atoms in total. The Labute approximate surface area is 126 Å². The van der Waals surface area contributed by atoms with Gasteiger partial charge in [-0.25, -0.2) is 0 Å². The van der Waals surface area contributed by atoms with Crippen LogP contribution in [0.1, 0.15) is 6.42 Å². The summed E-state index contributed by atoms with van der Waals surface area (Å²) in [6.45, 7) is -1.03. The third-order valence-corrected chi connectivity index (χ3v) is 3.82. The highest BCUT2D eigenvalue weighted by Gasteiger charge is 2.47. The topological polar surface area (TPSA) is 169 Å². The molecule has 4 unspecified atom stereocenters. The van der Waals surface area contributed by atoms with Crippen molar-refractivity contribution in [1.82, 2.24) is 0 Å². The number of hydrogen-bond donors (Lipinski definition) is 7. The summed E-state index contributed by atoms with van der Waals surface area (Å²) in [6, 6.07) is 0. The zero-order valence-corrected chi connectivity index (χ0v) is 11.7. The molecule has 2 rings (SSSR count). The van der Waals surface area contributed by atoms with Crippen LogP contribution in [0.5, 0.6) is 0 Å². The van der Waals surface area contributed by atoms with Gasteiger partial charge in [-0.1, -0.05) is 0 Å². The van der Waals surface area contributed by atoms with Gasteiger partial charge >= 0.3 is 0 Å². The van der Waals surface area contributed by atoms with Gasteiger partial charge in [0.1, 0.15) is 30.5 Å².